The minimum atomic E-state index is -4.56. The molecule has 1 aliphatic rings. The van der Waals surface area contributed by atoms with E-state index >= 15 is 0 Å². The van der Waals surface area contributed by atoms with Crippen LogP contribution in [0.3, 0.4) is 0 Å². The molecule has 1 N–H and O–H groups in total. The van der Waals surface area contributed by atoms with Crippen LogP contribution >= 0.6 is 11.6 Å². The van der Waals surface area contributed by atoms with E-state index in [9.17, 15) is 27.2 Å². The van der Waals surface area contributed by atoms with E-state index in [4.69, 9.17) is 11.6 Å². The fourth-order valence-corrected chi connectivity index (χ4v) is 3.05. The van der Waals surface area contributed by atoms with Gasteiger partial charge in [-0.05, 0) is 30.3 Å². The third-order valence-electron chi connectivity index (χ3n) is 4.31. The second-order valence-corrected chi connectivity index (χ2v) is 6.66. The van der Waals surface area contributed by atoms with E-state index in [1.54, 1.807) is 0 Å². The van der Waals surface area contributed by atoms with Gasteiger partial charge in [0.05, 0.1) is 28.7 Å². The summed E-state index contributed by atoms with van der Waals surface area (Å²) in [6.07, 6.45) is -3.95. The Morgan fingerprint density at radius 1 is 1.29 bits per heavy atom. The molecule has 28 heavy (non-hydrogen) atoms. The van der Waals surface area contributed by atoms with Crippen molar-refractivity contribution >= 4 is 29.1 Å². The Labute approximate surface area is 162 Å². The Kier molecular flexibility index (Phi) is 5.55. The molecular formula is C18H14ClF4N3O2. The highest BCUT2D eigenvalue weighted by atomic mass is 35.5. The number of hydrogen-bond donors (Lipinski definition) is 1. The molecule has 3 rings (SSSR count). The zero-order chi connectivity index (χ0) is 20.5. The van der Waals surface area contributed by atoms with Crippen molar-refractivity contribution in [1.29, 1.82) is 0 Å². The van der Waals surface area contributed by atoms with Gasteiger partial charge in [-0.2, -0.15) is 13.2 Å². The van der Waals surface area contributed by atoms with Crippen LogP contribution in [0.1, 0.15) is 17.7 Å². The summed E-state index contributed by atoms with van der Waals surface area (Å²) in [5, 5.41) is 2.32. The maximum absolute atomic E-state index is 13.0. The molecule has 1 atom stereocenters. The predicted octanol–water partition coefficient (Wildman–Crippen LogP) is 3.56. The SMILES string of the molecule is O=C(NCc1ncc(C(F)(F)F)cc1Cl)C1CC(=O)N(c2ccc(F)cc2)C1. The minimum Gasteiger partial charge on any atom is -0.350 e. The van der Waals surface area contributed by atoms with E-state index in [0.29, 0.717) is 11.9 Å². The summed E-state index contributed by atoms with van der Waals surface area (Å²) in [4.78, 5) is 29.5. The van der Waals surface area contributed by atoms with Gasteiger partial charge < -0.3 is 10.2 Å². The van der Waals surface area contributed by atoms with Crippen LogP contribution in [0.4, 0.5) is 23.2 Å². The lowest BCUT2D eigenvalue weighted by molar-refractivity contribution is -0.137. The number of nitrogens with zero attached hydrogens (tertiary/aromatic N) is 2. The summed E-state index contributed by atoms with van der Waals surface area (Å²) in [5.74, 6) is -1.82. The number of aromatic nitrogens is 1. The number of carbonyl (C=O) groups is 2. The largest absolute Gasteiger partial charge is 0.417 e. The van der Waals surface area contributed by atoms with E-state index in [-0.39, 0.29) is 36.1 Å². The number of amides is 2. The zero-order valence-electron chi connectivity index (χ0n) is 14.3. The summed E-state index contributed by atoms with van der Waals surface area (Å²) in [6, 6.07) is 6.06. The maximum atomic E-state index is 13.0. The van der Waals surface area contributed by atoms with Gasteiger partial charge in [-0.3, -0.25) is 14.6 Å². The molecule has 1 aromatic carbocycles. The van der Waals surface area contributed by atoms with Gasteiger partial charge in [-0.25, -0.2) is 4.39 Å². The van der Waals surface area contributed by atoms with Crippen molar-refractivity contribution < 1.29 is 27.2 Å². The monoisotopic (exact) mass is 415 g/mol. The third kappa shape index (κ3) is 4.41. The number of hydrogen-bond acceptors (Lipinski definition) is 3. The molecule has 1 unspecified atom stereocenters. The number of anilines is 1. The van der Waals surface area contributed by atoms with Gasteiger partial charge in [0.2, 0.25) is 11.8 Å². The van der Waals surface area contributed by atoms with Gasteiger partial charge in [0.1, 0.15) is 5.82 Å². The third-order valence-corrected chi connectivity index (χ3v) is 4.64. The lowest BCUT2D eigenvalue weighted by Crippen LogP contribution is -2.33. The van der Waals surface area contributed by atoms with Gasteiger partial charge in [0, 0.05) is 24.8 Å². The lowest BCUT2D eigenvalue weighted by atomic mass is 10.1. The summed E-state index contributed by atoms with van der Waals surface area (Å²) < 4.78 is 50.9. The van der Waals surface area contributed by atoms with Gasteiger partial charge in [-0.15, -0.1) is 0 Å². The topological polar surface area (TPSA) is 62.3 Å². The molecule has 1 aliphatic heterocycles. The second-order valence-electron chi connectivity index (χ2n) is 6.25. The van der Waals surface area contributed by atoms with Crippen LogP contribution in [0.2, 0.25) is 5.02 Å². The Bertz CT molecular complexity index is 903. The lowest BCUT2D eigenvalue weighted by Gasteiger charge is -2.16. The van der Waals surface area contributed by atoms with Crippen LogP contribution in [0.15, 0.2) is 36.5 Å². The number of carbonyl (C=O) groups excluding carboxylic acids is 2. The molecule has 1 fully saturated rings. The van der Waals surface area contributed by atoms with Crippen LogP contribution in [0.5, 0.6) is 0 Å². The van der Waals surface area contributed by atoms with Crippen molar-refractivity contribution in [1.82, 2.24) is 10.3 Å². The van der Waals surface area contributed by atoms with E-state index in [2.05, 4.69) is 10.3 Å². The smallest absolute Gasteiger partial charge is 0.350 e. The molecule has 2 aromatic rings. The Morgan fingerprint density at radius 2 is 1.96 bits per heavy atom. The minimum absolute atomic E-state index is 0.0304. The van der Waals surface area contributed by atoms with Crippen molar-refractivity contribution in [2.75, 3.05) is 11.4 Å². The van der Waals surface area contributed by atoms with Crippen LogP contribution in [-0.2, 0) is 22.3 Å². The first-order chi connectivity index (χ1) is 13.1. The highest BCUT2D eigenvalue weighted by Gasteiger charge is 2.35. The zero-order valence-corrected chi connectivity index (χ0v) is 15.0. The molecule has 1 saturated heterocycles. The number of benzene rings is 1. The highest BCUT2D eigenvalue weighted by Crippen LogP contribution is 2.31. The Morgan fingerprint density at radius 3 is 2.57 bits per heavy atom. The van der Waals surface area contributed by atoms with Crippen molar-refractivity contribution in [3.05, 3.63) is 58.6 Å². The molecule has 0 spiro atoms. The summed E-state index contributed by atoms with van der Waals surface area (Å²) in [7, 11) is 0. The van der Waals surface area contributed by atoms with Crippen LogP contribution in [-0.4, -0.2) is 23.3 Å². The predicted molar refractivity (Wildman–Crippen MR) is 93.0 cm³/mol. The molecule has 0 saturated carbocycles. The van der Waals surface area contributed by atoms with Crippen LogP contribution < -0.4 is 10.2 Å². The van der Waals surface area contributed by atoms with Crippen LogP contribution in [0.25, 0.3) is 0 Å². The van der Waals surface area contributed by atoms with Crippen molar-refractivity contribution in [3.63, 3.8) is 0 Å². The van der Waals surface area contributed by atoms with E-state index in [1.165, 1.54) is 29.2 Å². The molecule has 5 nitrogen and oxygen atoms in total. The molecule has 1 aromatic heterocycles. The highest BCUT2D eigenvalue weighted by molar-refractivity contribution is 6.31. The standard InChI is InChI=1S/C18H14ClF4N3O2/c19-14-6-11(18(21,22)23)7-24-15(14)8-25-17(28)10-5-16(27)26(9-10)13-3-1-12(20)2-4-13/h1-4,6-7,10H,5,8-9H2,(H,25,28). The molecular weight excluding hydrogens is 402 g/mol. The van der Waals surface area contributed by atoms with E-state index < -0.39 is 29.4 Å². The van der Waals surface area contributed by atoms with Gasteiger partial charge in [0.25, 0.3) is 0 Å². The Balaban J connectivity index is 1.61. The number of pyridine rings is 1. The van der Waals surface area contributed by atoms with Gasteiger partial charge >= 0.3 is 6.18 Å². The molecule has 2 amide bonds. The number of alkyl halides is 3. The number of nitrogens with one attached hydrogen (secondary N) is 1. The summed E-state index contributed by atoms with van der Waals surface area (Å²) in [6.45, 7) is -0.0541. The normalized spacial score (nSPS) is 17.1. The van der Waals surface area contributed by atoms with Crippen molar-refractivity contribution in [2.45, 2.75) is 19.1 Å². The average molecular weight is 416 g/mol. The van der Waals surface area contributed by atoms with Gasteiger partial charge in [0.15, 0.2) is 0 Å². The molecule has 2 heterocycles. The number of halogens is 5. The summed E-state index contributed by atoms with van der Waals surface area (Å²) >= 11 is 5.81. The van der Waals surface area contributed by atoms with E-state index in [1.807, 2.05) is 0 Å². The van der Waals surface area contributed by atoms with Crippen LogP contribution in [0, 0.1) is 11.7 Å². The molecule has 0 radical (unpaired) electrons. The van der Waals surface area contributed by atoms with Gasteiger partial charge in [-0.1, -0.05) is 11.6 Å². The van der Waals surface area contributed by atoms with Crippen molar-refractivity contribution in [3.8, 4) is 0 Å². The fourth-order valence-electron chi connectivity index (χ4n) is 2.82. The molecule has 148 valence electrons. The Hall–Kier alpha value is -2.68. The first-order valence-electron chi connectivity index (χ1n) is 8.20. The summed E-state index contributed by atoms with van der Waals surface area (Å²) in [5.41, 5.74) is -0.416. The quantitative estimate of drug-likeness (QED) is 0.777. The molecule has 0 aliphatic carbocycles. The molecule has 0 bridgehead atoms. The second kappa shape index (κ2) is 7.75. The average Bonchev–Trinajstić information content (AvgIpc) is 3.02. The molecule has 10 heteroatoms. The number of rotatable bonds is 4. The fraction of sp³-hybridized carbons (Fsp3) is 0.278. The van der Waals surface area contributed by atoms with E-state index in [0.717, 1.165) is 6.07 Å². The first kappa shape index (κ1) is 20.1. The van der Waals surface area contributed by atoms with Crippen molar-refractivity contribution in [2.24, 2.45) is 5.92 Å². The first-order valence-corrected chi connectivity index (χ1v) is 8.58. The maximum Gasteiger partial charge on any atom is 0.417 e.